The molecule has 0 aliphatic carbocycles. The van der Waals surface area contributed by atoms with Crippen LogP contribution in [-0.4, -0.2) is 0 Å². The fourth-order valence-corrected chi connectivity index (χ4v) is 3.69. The maximum absolute atomic E-state index is 11.8. The van der Waals surface area contributed by atoms with E-state index in [1.54, 1.807) is 0 Å². The average Bonchev–Trinajstić information content (AvgIpc) is 2.66. The number of rotatable bonds is 2. The van der Waals surface area contributed by atoms with Gasteiger partial charge in [0, 0.05) is 11.1 Å². The minimum Gasteiger partial charge on any atom is -0.269 e. The highest BCUT2D eigenvalue weighted by Gasteiger charge is 2.16. The highest BCUT2D eigenvalue weighted by molar-refractivity contribution is 7.34. The van der Waals surface area contributed by atoms with Gasteiger partial charge in [-0.25, -0.2) is 0 Å². The Balaban J connectivity index is 2.26. The third kappa shape index (κ3) is 2.19. The number of fused-ring (bicyclic) bond motifs is 2. The number of hydrogen-bond acceptors (Lipinski definition) is 2. The van der Waals surface area contributed by atoms with Gasteiger partial charge in [0.15, 0.2) is 8.46 Å². The quantitative estimate of drug-likeness (QED) is 0.460. The van der Waals surface area contributed by atoms with Gasteiger partial charge >= 0.3 is 0 Å². The van der Waals surface area contributed by atoms with Crippen molar-refractivity contribution >= 4 is 35.3 Å². The molecule has 0 aromatic heterocycles. The molecule has 3 heteroatoms. The molecule has 0 atom stereocenters. The van der Waals surface area contributed by atoms with E-state index in [-0.39, 0.29) is 8.46 Å². The van der Waals surface area contributed by atoms with Crippen molar-refractivity contribution in [1.82, 2.24) is 0 Å². The second-order valence-corrected chi connectivity index (χ2v) is 6.26. The normalized spacial score (nSPS) is 11.0. The average molecular weight is 325 g/mol. The summed E-state index contributed by atoms with van der Waals surface area (Å²) < 4.78 is 11.8. The van der Waals surface area contributed by atoms with Crippen molar-refractivity contribution in [2.45, 2.75) is 0 Å². The first-order chi connectivity index (χ1) is 11.8. The van der Waals surface area contributed by atoms with Crippen LogP contribution in [-0.2, 0) is 4.57 Å². The number of hydrogen-bond donors (Lipinski definition) is 0. The molecule has 0 unspecified atom stereocenters. The molecule has 0 N–H and O–H groups in total. The summed E-state index contributed by atoms with van der Waals surface area (Å²) in [6.45, 7) is 0. The molecule has 4 aromatic rings. The van der Waals surface area contributed by atoms with Crippen molar-refractivity contribution in [3.63, 3.8) is 0 Å². The maximum Gasteiger partial charge on any atom is 0.192 e. The summed E-state index contributed by atoms with van der Waals surface area (Å²) in [5.41, 5.74) is 2.32. The molecule has 4 rings (SSSR count). The van der Waals surface area contributed by atoms with Gasteiger partial charge in [0.2, 0.25) is 0 Å². The zero-order valence-electron chi connectivity index (χ0n) is 12.7. The largest absolute Gasteiger partial charge is 0.269 e. The predicted molar refractivity (Wildman–Crippen MR) is 98.8 cm³/mol. The summed E-state index contributed by atoms with van der Waals surface area (Å²) >= 11 is 0. The SMILES string of the molecule is N#Cc1ccc2ccccc2c1-c1c(P=O)ccc2ccccc12. The van der Waals surface area contributed by atoms with Crippen LogP contribution in [0.3, 0.4) is 0 Å². The molecule has 0 saturated heterocycles. The van der Waals surface area contributed by atoms with Gasteiger partial charge in [-0.15, -0.1) is 0 Å². The summed E-state index contributed by atoms with van der Waals surface area (Å²) in [5.74, 6) is 0. The van der Waals surface area contributed by atoms with Crippen LogP contribution in [0.1, 0.15) is 5.56 Å². The minimum atomic E-state index is -0.0497. The highest BCUT2D eigenvalue weighted by atomic mass is 31.1. The van der Waals surface area contributed by atoms with Crippen LogP contribution in [0.5, 0.6) is 0 Å². The van der Waals surface area contributed by atoms with Gasteiger partial charge in [0.05, 0.1) is 16.9 Å². The van der Waals surface area contributed by atoms with E-state index >= 15 is 0 Å². The van der Waals surface area contributed by atoms with Crippen molar-refractivity contribution in [1.29, 1.82) is 5.26 Å². The fraction of sp³-hybridized carbons (Fsp3) is 0. The van der Waals surface area contributed by atoms with E-state index in [2.05, 4.69) is 6.07 Å². The molecule has 0 spiro atoms. The van der Waals surface area contributed by atoms with Gasteiger partial charge in [0.25, 0.3) is 0 Å². The molecule has 0 heterocycles. The lowest BCUT2D eigenvalue weighted by atomic mass is 9.90. The van der Waals surface area contributed by atoms with Gasteiger partial charge in [-0.3, -0.25) is 4.57 Å². The molecule has 0 amide bonds. The van der Waals surface area contributed by atoms with Crippen molar-refractivity contribution in [3.05, 3.63) is 78.4 Å². The third-order valence-corrected chi connectivity index (χ3v) is 4.87. The summed E-state index contributed by atoms with van der Waals surface area (Å²) in [6, 6.07) is 25.9. The van der Waals surface area contributed by atoms with Crippen LogP contribution in [0.2, 0.25) is 0 Å². The third-order valence-electron chi connectivity index (χ3n) is 4.30. The monoisotopic (exact) mass is 325 g/mol. The van der Waals surface area contributed by atoms with Gasteiger partial charge in [-0.1, -0.05) is 60.7 Å². The van der Waals surface area contributed by atoms with E-state index in [0.717, 1.165) is 32.7 Å². The Morgan fingerprint density at radius 1 is 0.708 bits per heavy atom. The Bertz CT molecular complexity index is 1140. The van der Waals surface area contributed by atoms with E-state index in [4.69, 9.17) is 0 Å². The topological polar surface area (TPSA) is 40.9 Å². The molecule has 0 saturated carbocycles. The molecular formula is C21H12NOP. The van der Waals surface area contributed by atoms with Crippen LogP contribution in [0.15, 0.2) is 72.8 Å². The first-order valence-electron chi connectivity index (χ1n) is 7.61. The molecule has 2 nitrogen and oxygen atoms in total. The van der Waals surface area contributed by atoms with Crippen molar-refractivity contribution in [2.75, 3.05) is 0 Å². The lowest BCUT2D eigenvalue weighted by Crippen LogP contribution is -2.01. The van der Waals surface area contributed by atoms with Crippen LogP contribution >= 0.6 is 8.46 Å². The fourth-order valence-electron chi connectivity index (χ4n) is 3.23. The number of nitrogens with zero attached hydrogens (tertiary/aromatic N) is 1. The van der Waals surface area contributed by atoms with Gasteiger partial charge in [-0.2, -0.15) is 5.26 Å². The Labute approximate surface area is 141 Å². The molecule has 0 radical (unpaired) electrons. The van der Waals surface area contributed by atoms with Crippen LogP contribution in [0, 0.1) is 11.3 Å². The Hall–Kier alpha value is -3.01. The van der Waals surface area contributed by atoms with Gasteiger partial charge < -0.3 is 0 Å². The smallest absolute Gasteiger partial charge is 0.192 e. The molecule has 0 bridgehead atoms. The minimum absolute atomic E-state index is 0.0497. The summed E-state index contributed by atoms with van der Waals surface area (Å²) in [6.07, 6.45) is 0. The maximum atomic E-state index is 11.8. The Morgan fingerprint density at radius 3 is 1.92 bits per heavy atom. The van der Waals surface area contributed by atoms with E-state index < -0.39 is 0 Å². The number of nitriles is 1. The van der Waals surface area contributed by atoms with Gasteiger partial charge in [0.1, 0.15) is 0 Å². The first-order valence-corrected chi connectivity index (χ1v) is 8.42. The first kappa shape index (κ1) is 14.6. The Kier molecular flexibility index (Phi) is 3.58. The standard InChI is InChI=1S/C21H12NOP/c22-13-16-10-9-14-5-1-3-7-17(14)20(16)21-18-8-4-2-6-15(18)11-12-19(21)24-23/h1-12H. The van der Waals surface area contributed by atoms with Crippen molar-refractivity contribution in [2.24, 2.45) is 0 Å². The van der Waals surface area contributed by atoms with E-state index in [1.807, 2.05) is 72.8 Å². The lowest BCUT2D eigenvalue weighted by Gasteiger charge is -2.14. The lowest BCUT2D eigenvalue weighted by molar-refractivity contribution is 0.603. The summed E-state index contributed by atoms with van der Waals surface area (Å²) in [7, 11) is -0.0497. The summed E-state index contributed by atoms with van der Waals surface area (Å²) in [5, 5.41) is 14.5. The van der Waals surface area contributed by atoms with E-state index in [0.29, 0.717) is 10.9 Å². The van der Waals surface area contributed by atoms with Crippen LogP contribution in [0.25, 0.3) is 32.7 Å². The van der Waals surface area contributed by atoms with Gasteiger partial charge in [-0.05, 0) is 33.7 Å². The van der Waals surface area contributed by atoms with Crippen LogP contribution in [0.4, 0.5) is 0 Å². The van der Waals surface area contributed by atoms with E-state index in [9.17, 15) is 9.83 Å². The van der Waals surface area contributed by atoms with Crippen molar-refractivity contribution in [3.8, 4) is 17.2 Å². The number of benzene rings is 4. The van der Waals surface area contributed by atoms with Crippen LogP contribution < -0.4 is 5.30 Å². The second-order valence-electron chi connectivity index (χ2n) is 5.59. The van der Waals surface area contributed by atoms with Crippen molar-refractivity contribution < 1.29 is 4.57 Å². The second kappa shape index (κ2) is 5.89. The molecule has 4 aromatic carbocycles. The molecule has 112 valence electrons. The molecular weight excluding hydrogens is 313 g/mol. The summed E-state index contributed by atoms with van der Waals surface area (Å²) in [4.78, 5) is 0. The molecule has 0 fully saturated rings. The predicted octanol–water partition coefficient (Wildman–Crippen LogP) is 5.45. The molecule has 24 heavy (non-hydrogen) atoms. The molecule has 0 aliphatic rings. The Morgan fingerprint density at radius 2 is 1.29 bits per heavy atom. The zero-order valence-corrected chi connectivity index (χ0v) is 13.6. The highest BCUT2D eigenvalue weighted by Crippen LogP contribution is 2.36. The molecule has 0 aliphatic heterocycles. The van der Waals surface area contributed by atoms with E-state index in [1.165, 1.54) is 0 Å². The zero-order chi connectivity index (χ0) is 16.5.